The first-order chi connectivity index (χ1) is 16.8. The van der Waals surface area contributed by atoms with Crippen LogP contribution in [0.15, 0.2) is 66.7 Å². The van der Waals surface area contributed by atoms with Gasteiger partial charge in [-0.25, -0.2) is 0 Å². The minimum absolute atomic E-state index is 0.0279. The fourth-order valence-corrected chi connectivity index (χ4v) is 7.88. The molecule has 1 N–H and O–H groups in total. The third-order valence-corrected chi connectivity index (χ3v) is 9.24. The van der Waals surface area contributed by atoms with Gasteiger partial charge in [0.05, 0.1) is 0 Å². The molecule has 0 radical (unpaired) electrons. The van der Waals surface area contributed by atoms with Crippen molar-refractivity contribution in [1.29, 1.82) is 0 Å². The van der Waals surface area contributed by atoms with Gasteiger partial charge in [0, 0.05) is 10.8 Å². The molecule has 1 saturated carbocycles. The molecule has 4 aromatic carbocycles. The molecule has 35 heavy (non-hydrogen) atoms. The lowest BCUT2D eigenvalue weighted by Gasteiger charge is -2.51. The summed E-state index contributed by atoms with van der Waals surface area (Å²) < 4.78 is 11.5. The van der Waals surface area contributed by atoms with Crippen molar-refractivity contribution in [2.45, 2.75) is 46.0 Å². The topological polar surface area (TPSA) is 38.7 Å². The normalized spacial score (nSPS) is 19.8. The van der Waals surface area contributed by atoms with Gasteiger partial charge in [0.2, 0.25) is 6.79 Å². The molecule has 1 spiro atoms. The summed E-state index contributed by atoms with van der Waals surface area (Å²) in [6, 6.07) is 23.8. The van der Waals surface area contributed by atoms with E-state index in [1.165, 1.54) is 33.4 Å². The Hall–Kier alpha value is -3.46. The van der Waals surface area contributed by atoms with E-state index in [4.69, 9.17) is 9.47 Å². The molecule has 2 aliphatic carbocycles. The zero-order valence-corrected chi connectivity index (χ0v) is 20.7. The molecule has 0 aromatic heterocycles. The van der Waals surface area contributed by atoms with E-state index in [0.29, 0.717) is 11.5 Å². The Morgan fingerprint density at radius 1 is 0.657 bits per heavy atom. The van der Waals surface area contributed by atoms with Gasteiger partial charge in [0.25, 0.3) is 0 Å². The van der Waals surface area contributed by atoms with E-state index in [2.05, 4.69) is 88.4 Å². The smallest absolute Gasteiger partial charge is 0.231 e. The van der Waals surface area contributed by atoms with Crippen molar-refractivity contribution in [3.8, 4) is 39.5 Å². The third-order valence-electron chi connectivity index (χ3n) is 9.24. The van der Waals surface area contributed by atoms with Crippen LogP contribution >= 0.6 is 0 Å². The van der Waals surface area contributed by atoms with Gasteiger partial charge in [0.15, 0.2) is 11.5 Å². The van der Waals surface area contributed by atoms with E-state index in [0.717, 1.165) is 29.4 Å². The molecule has 3 nitrogen and oxygen atoms in total. The largest absolute Gasteiger partial charge is 0.507 e. The molecular formula is C32H30O3. The summed E-state index contributed by atoms with van der Waals surface area (Å²) in [5.41, 5.74) is 7.15. The van der Waals surface area contributed by atoms with Gasteiger partial charge < -0.3 is 14.6 Å². The standard InChI is InChI=1S/C32H30O3/c1-30(2)13-14-31(3,4)32(30)24-12-8-7-10-20(24)19-9-5-6-11-21(19)29-23-16-28-27(34-18-35-28)15-22(23)26(33)17-25(29)32/h5-12,15-17,33H,13-14,18H2,1-4H3. The Balaban J connectivity index is 1.77. The van der Waals surface area contributed by atoms with Crippen molar-refractivity contribution in [1.82, 2.24) is 0 Å². The van der Waals surface area contributed by atoms with Crippen molar-refractivity contribution in [2.24, 2.45) is 10.8 Å². The third kappa shape index (κ3) is 2.41. The van der Waals surface area contributed by atoms with E-state index in [1.807, 2.05) is 6.07 Å². The molecular weight excluding hydrogens is 432 g/mol. The van der Waals surface area contributed by atoms with Crippen LogP contribution in [0.3, 0.4) is 0 Å². The molecule has 1 fully saturated rings. The average Bonchev–Trinajstić information content (AvgIpc) is 3.34. The summed E-state index contributed by atoms with van der Waals surface area (Å²) in [6.07, 6.45) is 2.23. The molecule has 176 valence electrons. The molecule has 0 bridgehead atoms. The number of hydrogen-bond acceptors (Lipinski definition) is 3. The molecule has 0 amide bonds. The van der Waals surface area contributed by atoms with Gasteiger partial charge in [0.1, 0.15) is 5.75 Å². The highest BCUT2D eigenvalue weighted by Crippen LogP contribution is 2.70. The molecule has 0 unspecified atom stereocenters. The molecule has 0 saturated heterocycles. The first-order valence-electron chi connectivity index (χ1n) is 12.6. The summed E-state index contributed by atoms with van der Waals surface area (Å²) >= 11 is 0. The van der Waals surface area contributed by atoms with Gasteiger partial charge in [-0.3, -0.25) is 0 Å². The maximum atomic E-state index is 11.5. The lowest BCUT2D eigenvalue weighted by Crippen LogP contribution is -2.48. The molecule has 3 heteroatoms. The summed E-state index contributed by atoms with van der Waals surface area (Å²) in [6.45, 7) is 9.87. The Morgan fingerprint density at radius 2 is 1.23 bits per heavy atom. The minimum Gasteiger partial charge on any atom is -0.507 e. The predicted octanol–water partition coefficient (Wildman–Crippen LogP) is 8.05. The fraction of sp³-hybridized carbons (Fsp3) is 0.312. The number of ether oxygens (including phenoxy) is 2. The maximum absolute atomic E-state index is 11.5. The number of benzene rings is 4. The van der Waals surface area contributed by atoms with E-state index < -0.39 is 0 Å². The zero-order chi connectivity index (χ0) is 24.2. The molecule has 0 atom stereocenters. The maximum Gasteiger partial charge on any atom is 0.231 e. The Bertz CT molecular complexity index is 1530. The Labute approximate surface area is 206 Å². The first-order valence-corrected chi connectivity index (χ1v) is 12.6. The monoisotopic (exact) mass is 462 g/mol. The van der Waals surface area contributed by atoms with Crippen LogP contribution in [0.2, 0.25) is 0 Å². The number of phenols is 1. The van der Waals surface area contributed by atoms with Crippen LogP contribution in [0.4, 0.5) is 0 Å². The van der Waals surface area contributed by atoms with Crippen molar-refractivity contribution in [2.75, 3.05) is 6.79 Å². The van der Waals surface area contributed by atoms with Crippen molar-refractivity contribution < 1.29 is 14.6 Å². The lowest BCUT2D eigenvalue weighted by molar-refractivity contribution is 0.146. The van der Waals surface area contributed by atoms with Gasteiger partial charge >= 0.3 is 0 Å². The molecule has 3 aliphatic rings. The summed E-state index contributed by atoms with van der Waals surface area (Å²) in [7, 11) is 0. The summed E-state index contributed by atoms with van der Waals surface area (Å²) in [5, 5.41) is 13.4. The highest BCUT2D eigenvalue weighted by molar-refractivity contribution is 6.08. The van der Waals surface area contributed by atoms with Crippen LogP contribution in [0.25, 0.3) is 33.0 Å². The van der Waals surface area contributed by atoms with Gasteiger partial charge in [-0.15, -0.1) is 0 Å². The molecule has 4 aromatic rings. The molecule has 1 aliphatic heterocycles. The Kier molecular flexibility index (Phi) is 3.94. The second-order valence-corrected chi connectivity index (χ2v) is 11.7. The lowest BCUT2D eigenvalue weighted by atomic mass is 9.51. The molecule has 1 heterocycles. The number of aromatic hydroxyl groups is 1. The van der Waals surface area contributed by atoms with Crippen molar-refractivity contribution >= 4 is 10.8 Å². The van der Waals surface area contributed by atoms with Gasteiger partial charge in [-0.05, 0) is 80.6 Å². The quantitative estimate of drug-likeness (QED) is 0.287. The van der Waals surface area contributed by atoms with E-state index in [9.17, 15) is 5.11 Å². The van der Waals surface area contributed by atoms with Crippen LogP contribution in [-0.4, -0.2) is 11.9 Å². The SMILES string of the molecule is CC1(C)CCC(C)(C)C12c1ccccc1-c1ccccc1-c1c2cc(O)c2cc3c(cc12)OCO3. The number of phenolic OH excluding ortho intramolecular Hbond substituents is 1. The van der Waals surface area contributed by atoms with Gasteiger partial charge in [-0.2, -0.15) is 0 Å². The van der Waals surface area contributed by atoms with Crippen LogP contribution in [0.5, 0.6) is 17.2 Å². The first kappa shape index (κ1) is 20.9. The summed E-state index contributed by atoms with van der Waals surface area (Å²) in [5.74, 6) is 1.73. The second-order valence-electron chi connectivity index (χ2n) is 11.7. The highest BCUT2D eigenvalue weighted by Gasteiger charge is 2.63. The van der Waals surface area contributed by atoms with E-state index in [-0.39, 0.29) is 23.0 Å². The minimum atomic E-state index is -0.299. The van der Waals surface area contributed by atoms with Crippen LogP contribution in [-0.2, 0) is 5.41 Å². The van der Waals surface area contributed by atoms with Crippen molar-refractivity contribution in [3.05, 3.63) is 77.9 Å². The fourth-order valence-electron chi connectivity index (χ4n) is 7.88. The van der Waals surface area contributed by atoms with Crippen LogP contribution in [0, 0.1) is 10.8 Å². The number of hydrogen-bond donors (Lipinski definition) is 1. The second kappa shape index (κ2) is 6.60. The predicted molar refractivity (Wildman–Crippen MR) is 140 cm³/mol. The van der Waals surface area contributed by atoms with Crippen LogP contribution < -0.4 is 9.47 Å². The number of fused-ring (bicyclic) bond motifs is 10. The van der Waals surface area contributed by atoms with Crippen LogP contribution in [0.1, 0.15) is 51.7 Å². The summed E-state index contributed by atoms with van der Waals surface area (Å²) in [4.78, 5) is 0. The highest BCUT2D eigenvalue weighted by atomic mass is 16.7. The van der Waals surface area contributed by atoms with E-state index in [1.54, 1.807) is 0 Å². The Morgan fingerprint density at radius 3 is 1.91 bits per heavy atom. The zero-order valence-electron chi connectivity index (χ0n) is 20.7. The average molecular weight is 463 g/mol. The van der Waals surface area contributed by atoms with Crippen molar-refractivity contribution in [3.63, 3.8) is 0 Å². The van der Waals surface area contributed by atoms with Gasteiger partial charge in [-0.1, -0.05) is 76.2 Å². The number of rotatable bonds is 0. The molecule has 7 rings (SSSR count). The van der Waals surface area contributed by atoms with E-state index >= 15 is 0 Å².